The molecule has 2 rings (SSSR count). The largest absolute Gasteiger partial charge is 0.460 e. The highest BCUT2D eigenvalue weighted by molar-refractivity contribution is 5.66. The van der Waals surface area contributed by atoms with Crippen LogP contribution >= 0.6 is 0 Å². The maximum absolute atomic E-state index is 10.9. The third-order valence-electron chi connectivity index (χ3n) is 3.81. The van der Waals surface area contributed by atoms with Gasteiger partial charge in [-0.05, 0) is 13.8 Å². The average Bonchev–Trinajstić information content (AvgIpc) is 2.50. The second kappa shape index (κ2) is 6.72. The van der Waals surface area contributed by atoms with Crippen molar-refractivity contribution in [3.8, 4) is 0 Å². The minimum absolute atomic E-state index is 0.0320. The monoisotopic (exact) mass is 332 g/mol. The van der Waals surface area contributed by atoms with Crippen molar-refractivity contribution in [3.63, 3.8) is 0 Å². The van der Waals surface area contributed by atoms with Crippen LogP contribution in [-0.2, 0) is 38.0 Å². The fraction of sp³-hybridized carbons (Fsp3) is 0.867. The Hall–Kier alpha value is -1.22. The molecule has 2 fully saturated rings. The van der Waals surface area contributed by atoms with Gasteiger partial charge in [0.15, 0.2) is 11.6 Å². The van der Waals surface area contributed by atoms with Gasteiger partial charge in [0.2, 0.25) is 0 Å². The van der Waals surface area contributed by atoms with Gasteiger partial charge in [-0.3, -0.25) is 9.59 Å². The molecule has 0 atom stereocenters. The van der Waals surface area contributed by atoms with E-state index >= 15 is 0 Å². The van der Waals surface area contributed by atoms with Gasteiger partial charge in [-0.25, -0.2) is 0 Å². The number of carbonyl (C=O) groups is 2. The minimum Gasteiger partial charge on any atom is -0.460 e. The molecule has 0 unspecified atom stereocenters. The number of rotatable bonds is 4. The molecule has 0 aromatic heterocycles. The van der Waals surface area contributed by atoms with Crippen molar-refractivity contribution < 1.29 is 38.0 Å². The van der Waals surface area contributed by atoms with E-state index in [4.69, 9.17) is 28.4 Å². The summed E-state index contributed by atoms with van der Waals surface area (Å²) in [5, 5.41) is 0. The Morgan fingerprint density at radius 2 is 1.09 bits per heavy atom. The maximum Gasteiger partial charge on any atom is 0.302 e. The van der Waals surface area contributed by atoms with Crippen LogP contribution in [0.3, 0.4) is 0 Å². The van der Waals surface area contributed by atoms with E-state index in [2.05, 4.69) is 0 Å². The average molecular weight is 332 g/mol. The smallest absolute Gasteiger partial charge is 0.302 e. The van der Waals surface area contributed by atoms with E-state index in [1.54, 1.807) is 13.8 Å². The molecule has 0 N–H and O–H groups in total. The summed E-state index contributed by atoms with van der Waals surface area (Å²) in [5.41, 5.74) is -0.425. The second-order valence-corrected chi connectivity index (χ2v) is 6.48. The van der Waals surface area contributed by atoms with Crippen LogP contribution in [0.1, 0.15) is 27.7 Å². The van der Waals surface area contributed by atoms with Crippen LogP contribution in [0.4, 0.5) is 0 Å². The maximum atomic E-state index is 10.9. The third-order valence-corrected chi connectivity index (χ3v) is 3.81. The van der Waals surface area contributed by atoms with Crippen molar-refractivity contribution in [1.29, 1.82) is 0 Å². The molecule has 2 aliphatic rings. The van der Waals surface area contributed by atoms with Crippen LogP contribution in [-0.4, -0.2) is 63.2 Å². The zero-order valence-corrected chi connectivity index (χ0v) is 14.0. The first-order valence-electron chi connectivity index (χ1n) is 7.49. The molecule has 0 radical (unpaired) electrons. The Morgan fingerprint density at radius 1 is 0.783 bits per heavy atom. The number of carbonyl (C=O) groups excluding carboxylic acids is 2. The molecule has 8 heteroatoms. The fourth-order valence-corrected chi connectivity index (χ4v) is 2.19. The van der Waals surface area contributed by atoms with Crippen LogP contribution < -0.4 is 0 Å². The van der Waals surface area contributed by atoms with Gasteiger partial charge in [0.25, 0.3) is 0 Å². The van der Waals surface area contributed by atoms with Gasteiger partial charge in [-0.1, -0.05) is 0 Å². The lowest BCUT2D eigenvalue weighted by molar-refractivity contribution is -0.368. The summed E-state index contributed by atoms with van der Waals surface area (Å²) in [6.07, 6.45) is 0. The molecule has 2 saturated heterocycles. The Labute approximate surface area is 135 Å². The quantitative estimate of drug-likeness (QED) is 0.692. The summed E-state index contributed by atoms with van der Waals surface area (Å²) in [6, 6.07) is 0. The van der Waals surface area contributed by atoms with E-state index in [0.717, 1.165) is 0 Å². The molecule has 0 aliphatic carbocycles. The van der Waals surface area contributed by atoms with E-state index in [1.165, 1.54) is 13.8 Å². The highest BCUT2D eigenvalue weighted by Gasteiger charge is 2.49. The van der Waals surface area contributed by atoms with Crippen LogP contribution in [0.2, 0.25) is 0 Å². The molecular weight excluding hydrogens is 308 g/mol. The molecule has 0 amide bonds. The molecule has 0 saturated carbocycles. The Kier molecular flexibility index (Phi) is 5.30. The van der Waals surface area contributed by atoms with E-state index < -0.39 is 17.0 Å². The summed E-state index contributed by atoms with van der Waals surface area (Å²) >= 11 is 0. The SMILES string of the molecule is CC(=O)OCC1(C)OCC2(CO1)COC(C)(COC(C)=O)OC2. The molecule has 1 spiro atoms. The molecule has 23 heavy (non-hydrogen) atoms. The summed E-state index contributed by atoms with van der Waals surface area (Å²) in [4.78, 5) is 21.8. The molecule has 2 aliphatic heterocycles. The van der Waals surface area contributed by atoms with Crippen LogP contribution in [0.25, 0.3) is 0 Å². The van der Waals surface area contributed by atoms with E-state index in [1.807, 2.05) is 0 Å². The van der Waals surface area contributed by atoms with E-state index in [0.29, 0.717) is 26.4 Å². The minimum atomic E-state index is -0.963. The second-order valence-electron chi connectivity index (χ2n) is 6.48. The molecule has 0 aromatic rings. The molecule has 2 heterocycles. The third kappa shape index (κ3) is 4.87. The summed E-state index contributed by atoms with van der Waals surface area (Å²) < 4.78 is 32.8. The lowest BCUT2D eigenvalue weighted by Crippen LogP contribution is -2.59. The van der Waals surface area contributed by atoms with E-state index in [-0.39, 0.29) is 25.2 Å². The first kappa shape index (κ1) is 18.1. The number of hydrogen-bond acceptors (Lipinski definition) is 8. The molecule has 132 valence electrons. The first-order valence-corrected chi connectivity index (χ1v) is 7.49. The molecule has 0 bridgehead atoms. The lowest BCUT2D eigenvalue weighted by atomic mass is 9.89. The van der Waals surface area contributed by atoms with Crippen molar-refractivity contribution in [2.24, 2.45) is 5.41 Å². The van der Waals surface area contributed by atoms with Gasteiger partial charge in [0, 0.05) is 13.8 Å². The molecular formula is C15H24O8. The van der Waals surface area contributed by atoms with Crippen molar-refractivity contribution in [1.82, 2.24) is 0 Å². The topological polar surface area (TPSA) is 89.5 Å². The van der Waals surface area contributed by atoms with E-state index in [9.17, 15) is 9.59 Å². The number of esters is 2. The van der Waals surface area contributed by atoms with Crippen molar-refractivity contribution >= 4 is 11.9 Å². The van der Waals surface area contributed by atoms with Crippen LogP contribution in [0.5, 0.6) is 0 Å². The molecule has 8 nitrogen and oxygen atoms in total. The van der Waals surface area contributed by atoms with Crippen molar-refractivity contribution in [2.45, 2.75) is 39.3 Å². The Balaban J connectivity index is 1.83. The van der Waals surface area contributed by atoms with Gasteiger partial charge in [0.1, 0.15) is 13.2 Å². The molecule has 0 aromatic carbocycles. The first-order chi connectivity index (χ1) is 10.7. The van der Waals surface area contributed by atoms with Gasteiger partial charge >= 0.3 is 11.9 Å². The Bertz CT molecular complexity index is 399. The fourth-order valence-electron chi connectivity index (χ4n) is 2.19. The lowest BCUT2D eigenvalue weighted by Gasteiger charge is -2.49. The summed E-state index contributed by atoms with van der Waals surface area (Å²) in [7, 11) is 0. The van der Waals surface area contributed by atoms with Gasteiger partial charge < -0.3 is 28.4 Å². The van der Waals surface area contributed by atoms with Gasteiger partial charge in [0.05, 0.1) is 31.8 Å². The zero-order chi connectivity index (χ0) is 17.1. The van der Waals surface area contributed by atoms with Crippen LogP contribution in [0.15, 0.2) is 0 Å². The van der Waals surface area contributed by atoms with Crippen LogP contribution in [0, 0.1) is 5.41 Å². The number of ether oxygens (including phenoxy) is 6. The number of hydrogen-bond donors (Lipinski definition) is 0. The summed E-state index contributed by atoms with van der Waals surface area (Å²) in [5.74, 6) is -2.70. The van der Waals surface area contributed by atoms with Gasteiger partial charge in [-0.15, -0.1) is 0 Å². The van der Waals surface area contributed by atoms with Crippen molar-refractivity contribution in [3.05, 3.63) is 0 Å². The standard InChI is InChI=1S/C15H24O8/c1-11(16)18-5-13(3)20-7-15(8-21-13)9-22-14(4,23-10-15)6-19-12(2)17/h5-10H2,1-4H3. The highest BCUT2D eigenvalue weighted by Crippen LogP contribution is 2.36. The normalized spacial score (nSPS) is 37.4. The predicted octanol–water partition coefficient (Wildman–Crippen LogP) is 0.625. The zero-order valence-electron chi connectivity index (χ0n) is 14.0. The van der Waals surface area contributed by atoms with Crippen molar-refractivity contribution in [2.75, 3.05) is 39.6 Å². The Morgan fingerprint density at radius 3 is 1.35 bits per heavy atom. The predicted molar refractivity (Wildman–Crippen MR) is 76.3 cm³/mol. The highest BCUT2D eigenvalue weighted by atomic mass is 16.7. The van der Waals surface area contributed by atoms with Gasteiger partial charge in [-0.2, -0.15) is 0 Å². The summed E-state index contributed by atoms with van der Waals surface area (Å²) in [6.45, 7) is 7.59.